The molecule has 3 rings (SSSR count). The van der Waals surface area contributed by atoms with Crippen molar-refractivity contribution in [2.75, 3.05) is 7.05 Å². The number of hydrogen-bond acceptors (Lipinski definition) is 4. The van der Waals surface area contributed by atoms with Gasteiger partial charge in [0, 0.05) is 27.2 Å². The predicted octanol–water partition coefficient (Wildman–Crippen LogP) is 5.89. The van der Waals surface area contributed by atoms with Gasteiger partial charge in [-0.15, -0.1) is 10.2 Å². The maximum Gasteiger partial charge on any atom is 0.247 e. The highest BCUT2D eigenvalue weighted by Gasteiger charge is 2.19. The van der Waals surface area contributed by atoms with Crippen LogP contribution in [0.3, 0.4) is 0 Å². The molecule has 1 aromatic heterocycles. The first kappa shape index (κ1) is 18.2. The van der Waals surface area contributed by atoms with Crippen molar-refractivity contribution in [3.05, 3.63) is 69.0 Å². The van der Waals surface area contributed by atoms with Crippen LogP contribution in [0.5, 0.6) is 0 Å². The lowest BCUT2D eigenvalue weighted by Crippen LogP contribution is -2.22. The molecule has 0 saturated carbocycles. The average Bonchev–Trinajstić information content (AvgIpc) is 3.03. The maximum absolute atomic E-state index is 6.06. The van der Waals surface area contributed by atoms with E-state index in [2.05, 4.69) is 15.1 Å². The van der Waals surface area contributed by atoms with Crippen molar-refractivity contribution < 1.29 is 4.42 Å². The van der Waals surface area contributed by atoms with Crippen LogP contribution in [0.15, 0.2) is 46.9 Å². The van der Waals surface area contributed by atoms with Crippen LogP contribution in [0.2, 0.25) is 15.1 Å². The molecule has 0 fully saturated rings. The molecule has 0 N–H and O–H groups in total. The van der Waals surface area contributed by atoms with Crippen molar-refractivity contribution in [1.29, 1.82) is 0 Å². The molecule has 0 saturated heterocycles. The van der Waals surface area contributed by atoms with Crippen LogP contribution in [0.1, 0.15) is 24.4 Å². The molecule has 0 spiro atoms. The van der Waals surface area contributed by atoms with E-state index < -0.39 is 0 Å². The number of halogens is 3. The molecule has 1 unspecified atom stereocenters. The van der Waals surface area contributed by atoms with Crippen molar-refractivity contribution in [3.8, 4) is 11.5 Å². The fourth-order valence-corrected chi connectivity index (χ4v) is 3.22. The normalized spacial score (nSPS) is 12.6. The van der Waals surface area contributed by atoms with Gasteiger partial charge in [-0.25, -0.2) is 0 Å². The van der Waals surface area contributed by atoms with E-state index in [0.717, 1.165) is 11.1 Å². The Hall–Kier alpha value is -1.59. The molecular formula is C18H16Cl3N3O. The second-order valence-electron chi connectivity index (χ2n) is 5.82. The van der Waals surface area contributed by atoms with Gasteiger partial charge in [-0.3, -0.25) is 4.90 Å². The third kappa shape index (κ3) is 4.53. The van der Waals surface area contributed by atoms with Crippen molar-refractivity contribution in [2.45, 2.75) is 19.5 Å². The van der Waals surface area contributed by atoms with Crippen molar-refractivity contribution in [1.82, 2.24) is 15.1 Å². The quantitative estimate of drug-likeness (QED) is 0.539. The minimum Gasteiger partial charge on any atom is -0.419 e. The number of benzene rings is 2. The first-order valence-electron chi connectivity index (χ1n) is 7.67. The topological polar surface area (TPSA) is 42.2 Å². The molecule has 0 aliphatic carbocycles. The summed E-state index contributed by atoms with van der Waals surface area (Å²) in [5.74, 6) is 0.981. The summed E-state index contributed by atoms with van der Waals surface area (Å²) in [4.78, 5) is 2.08. The van der Waals surface area contributed by atoms with Crippen LogP contribution >= 0.6 is 34.8 Å². The Bertz CT molecular complexity index is 861. The Morgan fingerprint density at radius 3 is 2.40 bits per heavy atom. The van der Waals surface area contributed by atoms with Gasteiger partial charge in [0.25, 0.3) is 0 Å². The molecule has 0 aliphatic rings. The Kier molecular flexibility index (Phi) is 5.64. The van der Waals surface area contributed by atoms with E-state index in [9.17, 15) is 0 Å². The summed E-state index contributed by atoms with van der Waals surface area (Å²) in [5.41, 5.74) is 1.81. The van der Waals surface area contributed by atoms with E-state index in [1.165, 1.54) is 0 Å². The molecule has 1 heterocycles. The van der Waals surface area contributed by atoms with Crippen molar-refractivity contribution in [2.24, 2.45) is 0 Å². The van der Waals surface area contributed by atoms with E-state index in [1.807, 2.05) is 38.2 Å². The monoisotopic (exact) mass is 395 g/mol. The fourth-order valence-electron chi connectivity index (χ4n) is 2.46. The largest absolute Gasteiger partial charge is 0.419 e. The smallest absolute Gasteiger partial charge is 0.247 e. The minimum atomic E-state index is -0.0711. The van der Waals surface area contributed by atoms with Gasteiger partial charge in [0.15, 0.2) is 0 Å². The summed E-state index contributed by atoms with van der Waals surface area (Å²) >= 11 is 18.1. The average molecular weight is 397 g/mol. The molecule has 0 aliphatic heterocycles. The SMILES string of the molecule is CC(c1nnc(-c2cccc(Cl)c2)o1)N(C)Cc1cc(Cl)cc(Cl)c1. The van der Waals surface area contributed by atoms with Gasteiger partial charge in [0.1, 0.15) is 0 Å². The van der Waals surface area contributed by atoms with Gasteiger partial charge in [0.05, 0.1) is 6.04 Å². The first-order valence-corrected chi connectivity index (χ1v) is 8.80. The highest BCUT2D eigenvalue weighted by molar-refractivity contribution is 6.34. The van der Waals surface area contributed by atoms with Gasteiger partial charge >= 0.3 is 0 Å². The summed E-state index contributed by atoms with van der Waals surface area (Å²) < 4.78 is 5.82. The Morgan fingerprint density at radius 1 is 1.00 bits per heavy atom. The van der Waals surface area contributed by atoms with Gasteiger partial charge in [-0.1, -0.05) is 40.9 Å². The highest BCUT2D eigenvalue weighted by atomic mass is 35.5. The van der Waals surface area contributed by atoms with Crippen LogP contribution in [0.4, 0.5) is 0 Å². The summed E-state index contributed by atoms with van der Waals surface area (Å²) in [6.07, 6.45) is 0. The van der Waals surface area contributed by atoms with Crippen molar-refractivity contribution in [3.63, 3.8) is 0 Å². The summed E-state index contributed by atoms with van der Waals surface area (Å²) in [5, 5.41) is 10.1. The Balaban J connectivity index is 1.75. The number of rotatable bonds is 5. The first-order chi connectivity index (χ1) is 11.9. The predicted molar refractivity (Wildman–Crippen MR) is 101 cm³/mol. The molecule has 0 bridgehead atoms. The molecule has 25 heavy (non-hydrogen) atoms. The van der Waals surface area contributed by atoms with E-state index in [1.54, 1.807) is 18.2 Å². The van der Waals surface area contributed by atoms with Gasteiger partial charge in [0.2, 0.25) is 11.8 Å². The zero-order chi connectivity index (χ0) is 18.0. The minimum absolute atomic E-state index is 0.0711. The molecule has 7 heteroatoms. The van der Waals surface area contributed by atoms with Crippen LogP contribution in [0.25, 0.3) is 11.5 Å². The van der Waals surface area contributed by atoms with Crippen molar-refractivity contribution >= 4 is 34.8 Å². The molecule has 2 aromatic carbocycles. The Labute approximate surface area is 161 Å². The molecule has 130 valence electrons. The zero-order valence-corrected chi connectivity index (χ0v) is 16.0. The third-order valence-electron chi connectivity index (χ3n) is 3.89. The standard InChI is InChI=1S/C18H16Cl3N3O/c1-11(24(2)10-12-6-15(20)9-16(21)7-12)17-22-23-18(25-17)13-4-3-5-14(19)8-13/h3-9,11H,10H2,1-2H3. The lowest BCUT2D eigenvalue weighted by molar-refractivity contribution is 0.218. The second-order valence-corrected chi connectivity index (χ2v) is 7.13. The van der Waals surface area contributed by atoms with E-state index >= 15 is 0 Å². The summed E-state index contributed by atoms with van der Waals surface area (Å²) in [6.45, 7) is 2.65. The molecule has 0 radical (unpaired) electrons. The summed E-state index contributed by atoms with van der Waals surface area (Å²) in [6, 6.07) is 12.7. The third-order valence-corrected chi connectivity index (χ3v) is 4.56. The highest BCUT2D eigenvalue weighted by Crippen LogP contribution is 2.27. The van der Waals surface area contributed by atoms with Crippen LogP contribution in [-0.4, -0.2) is 22.1 Å². The maximum atomic E-state index is 6.06. The lowest BCUT2D eigenvalue weighted by Gasteiger charge is -2.22. The Morgan fingerprint density at radius 2 is 1.72 bits per heavy atom. The van der Waals surface area contributed by atoms with E-state index in [4.69, 9.17) is 39.2 Å². The molecule has 0 amide bonds. The second kappa shape index (κ2) is 7.75. The van der Waals surface area contributed by atoms with Gasteiger partial charge < -0.3 is 4.42 Å². The molecule has 4 nitrogen and oxygen atoms in total. The van der Waals surface area contributed by atoms with E-state index in [-0.39, 0.29) is 6.04 Å². The zero-order valence-electron chi connectivity index (χ0n) is 13.7. The van der Waals surface area contributed by atoms with Gasteiger partial charge in [-0.2, -0.15) is 0 Å². The molecular weight excluding hydrogens is 381 g/mol. The van der Waals surface area contributed by atoms with Crippen LogP contribution < -0.4 is 0 Å². The molecule has 3 aromatic rings. The molecule has 1 atom stereocenters. The van der Waals surface area contributed by atoms with Gasteiger partial charge in [-0.05, 0) is 55.9 Å². The fraction of sp³-hybridized carbons (Fsp3) is 0.222. The van der Waals surface area contributed by atoms with Crippen LogP contribution in [0, 0.1) is 0 Å². The van der Waals surface area contributed by atoms with Crippen LogP contribution in [-0.2, 0) is 6.54 Å². The summed E-state index contributed by atoms with van der Waals surface area (Å²) in [7, 11) is 1.97. The number of aromatic nitrogens is 2. The van der Waals surface area contributed by atoms with E-state index in [0.29, 0.717) is 33.4 Å². The number of hydrogen-bond donors (Lipinski definition) is 0. The lowest BCUT2D eigenvalue weighted by atomic mass is 10.2. The number of nitrogens with zero attached hydrogens (tertiary/aromatic N) is 3.